The second-order valence-electron chi connectivity index (χ2n) is 6.20. The monoisotopic (exact) mass is 288 g/mol. The van der Waals surface area contributed by atoms with Gasteiger partial charge >= 0.3 is 0 Å². The molecular formula is C17H24N2O2. The minimum absolute atomic E-state index is 0.367. The molecule has 0 aliphatic heterocycles. The first-order valence-electron chi connectivity index (χ1n) is 7.49. The highest BCUT2D eigenvalue weighted by molar-refractivity contribution is 5.46. The average molecular weight is 288 g/mol. The van der Waals surface area contributed by atoms with Crippen LogP contribution in [0.25, 0.3) is 0 Å². The molecule has 1 aliphatic carbocycles. The number of nitrogens with one attached hydrogen (secondary N) is 1. The first-order chi connectivity index (χ1) is 10.1. The molecule has 4 nitrogen and oxygen atoms in total. The van der Waals surface area contributed by atoms with Gasteiger partial charge in [-0.2, -0.15) is 5.26 Å². The van der Waals surface area contributed by atoms with Crippen molar-refractivity contribution in [1.82, 2.24) is 5.32 Å². The maximum atomic E-state index is 9.06. The first-order valence-corrected chi connectivity index (χ1v) is 7.49. The van der Waals surface area contributed by atoms with E-state index < -0.39 is 0 Å². The van der Waals surface area contributed by atoms with E-state index in [-0.39, 0.29) is 5.41 Å². The molecule has 1 N–H and O–H groups in total. The van der Waals surface area contributed by atoms with E-state index in [1.807, 2.05) is 26.0 Å². The second kappa shape index (κ2) is 6.82. The van der Waals surface area contributed by atoms with Crippen LogP contribution < -0.4 is 14.8 Å². The highest BCUT2D eigenvalue weighted by Crippen LogP contribution is 2.32. The molecule has 0 amide bonds. The molecule has 1 saturated carbocycles. The molecule has 1 aliphatic rings. The largest absolute Gasteiger partial charge is 0.493 e. The Balaban J connectivity index is 2.02. The molecule has 114 valence electrons. The maximum Gasteiger partial charge on any atom is 0.165 e. The molecule has 21 heavy (non-hydrogen) atoms. The number of methoxy groups -OCH3 is 1. The third-order valence-electron chi connectivity index (χ3n) is 3.72. The summed E-state index contributed by atoms with van der Waals surface area (Å²) >= 11 is 0. The lowest BCUT2D eigenvalue weighted by Gasteiger charge is -2.18. The number of rotatable bonds is 8. The zero-order chi connectivity index (χ0) is 15.3. The van der Waals surface area contributed by atoms with Gasteiger partial charge in [0.25, 0.3) is 0 Å². The van der Waals surface area contributed by atoms with Crippen LogP contribution in [0.5, 0.6) is 11.5 Å². The Bertz CT molecular complexity index is 516. The molecule has 0 bridgehead atoms. The third-order valence-corrected chi connectivity index (χ3v) is 3.72. The van der Waals surface area contributed by atoms with Crippen molar-refractivity contribution in [3.05, 3.63) is 23.8 Å². The zero-order valence-electron chi connectivity index (χ0n) is 13.1. The van der Waals surface area contributed by atoms with E-state index in [4.69, 9.17) is 14.7 Å². The van der Waals surface area contributed by atoms with Gasteiger partial charge in [0.05, 0.1) is 25.2 Å². The first kappa shape index (κ1) is 15.7. The molecule has 0 saturated heterocycles. The van der Waals surface area contributed by atoms with Gasteiger partial charge in [0, 0.05) is 18.2 Å². The van der Waals surface area contributed by atoms with E-state index in [9.17, 15) is 0 Å². The molecule has 1 aromatic carbocycles. The molecule has 4 heteroatoms. The molecule has 2 rings (SSSR count). The summed E-state index contributed by atoms with van der Waals surface area (Å²) in [7, 11) is 1.65. The highest BCUT2D eigenvalue weighted by atomic mass is 16.5. The Labute approximate surface area is 127 Å². The highest BCUT2D eigenvalue weighted by Gasteiger charge is 2.22. The third kappa shape index (κ3) is 4.64. The summed E-state index contributed by atoms with van der Waals surface area (Å²) in [6.45, 7) is 5.15. The van der Waals surface area contributed by atoms with Gasteiger partial charge < -0.3 is 14.8 Å². The van der Waals surface area contributed by atoms with Crippen molar-refractivity contribution in [2.24, 2.45) is 5.41 Å². The van der Waals surface area contributed by atoms with Crippen LogP contribution in [0.1, 0.15) is 38.7 Å². The predicted molar refractivity (Wildman–Crippen MR) is 82.4 cm³/mol. The molecule has 1 aromatic rings. The van der Waals surface area contributed by atoms with E-state index in [0.717, 1.165) is 23.6 Å². The SMILES string of the molecule is COc1cccc(CNC2CC2)c1OCCC(C)(C)C#N. The van der Waals surface area contributed by atoms with E-state index in [0.29, 0.717) is 19.1 Å². The quantitative estimate of drug-likeness (QED) is 0.797. The van der Waals surface area contributed by atoms with Crippen LogP contribution in [0.15, 0.2) is 18.2 Å². The van der Waals surface area contributed by atoms with Gasteiger partial charge in [-0.15, -0.1) is 0 Å². The maximum absolute atomic E-state index is 9.06. The van der Waals surface area contributed by atoms with Crippen LogP contribution in [-0.2, 0) is 6.54 Å². The van der Waals surface area contributed by atoms with Gasteiger partial charge in [-0.05, 0) is 39.2 Å². The normalized spacial score (nSPS) is 14.6. The fourth-order valence-electron chi connectivity index (χ4n) is 2.03. The fourth-order valence-corrected chi connectivity index (χ4v) is 2.03. The minimum atomic E-state index is -0.367. The zero-order valence-corrected chi connectivity index (χ0v) is 13.1. The average Bonchev–Trinajstić information content (AvgIpc) is 3.30. The minimum Gasteiger partial charge on any atom is -0.493 e. The van der Waals surface area contributed by atoms with Crippen LogP contribution in [-0.4, -0.2) is 19.8 Å². The number of ether oxygens (including phenoxy) is 2. The van der Waals surface area contributed by atoms with Gasteiger partial charge in [-0.1, -0.05) is 12.1 Å². The van der Waals surface area contributed by atoms with Crippen LogP contribution >= 0.6 is 0 Å². The Kier molecular flexibility index (Phi) is 5.08. The van der Waals surface area contributed by atoms with Crippen molar-refractivity contribution < 1.29 is 9.47 Å². The van der Waals surface area contributed by atoms with Crippen LogP contribution in [0.2, 0.25) is 0 Å². The van der Waals surface area contributed by atoms with Gasteiger partial charge in [0.1, 0.15) is 0 Å². The lowest BCUT2D eigenvalue weighted by Crippen LogP contribution is -2.17. The predicted octanol–water partition coefficient (Wildman–Crippen LogP) is 3.27. The summed E-state index contributed by atoms with van der Waals surface area (Å²) in [5.74, 6) is 1.54. The van der Waals surface area contributed by atoms with Crippen LogP contribution in [0, 0.1) is 16.7 Å². The summed E-state index contributed by atoms with van der Waals surface area (Å²) in [6.07, 6.45) is 3.21. The summed E-state index contributed by atoms with van der Waals surface area (Å²) in [5.41, 5.74) is 0.741. The van der Waals surface area contributed by atoms with E-state index in [1.165, 1.54) is 12.8 Å². The topological polar surface area (TPSA) is 54.3 Å². The van der Waals surface area contributed by atoms with Crippen molar-refractivity contribution in [2.45, 2.75) is 45.7 Å². The number of hydrogen-bond donors (Lipinski definition) is 1. The summed E-state index contributed by atoms with van der Waals surface area (Å²) in [4.78, 5) is 0. The molecular weight excluding hydrogens is 264 g/mol. The molecule has 0 radical (unpaired) electrons. The van der Waals surface area contributed by atoms with Crippen LogP contribution in [0.3, 0.4) is 0 Å². The molecule has 0 unspecified atom stereocenters. The van der Waals surface area contributed by atoms with E-state index >= 15 is 0 Å². The summed E-state index contributed by atoms with van der Waals surface area (Å²) in [5, 5.41) is 12.6. The van der Waals surface area contributed by atoms with Gasteiger partial charge in [0.2, 0.25) is 0 Å². The van der Waals surface area contributed by atoms with E-state index in [1.54, 1.807) is 7.11 Å². The van der Waals surface area contributed by atoms with Gasteiger partial charge in [-0.25, -0.2) is 0 Å². The van der Waals surface area contributed by atoms with Crippen molar-refractivity contribution in [3.63, 3.8) is 0 Å². The fraction of sp³-hybridized carbons (Fsp3) is 0.588. The molecule has 0 aromatic heterocycles. The Morgan fingerprint density at radius 2 is 2.14 bits per heavy atom. The summed E-state index contributed by atoms with van der Waals surface area (Å²) < 4.78 is 11.3. The lowest BCUT2D eigenvalue weighted by molar-refractivity contribution is 0.250. The van der Waals surface area contributed by atoms with Crippen molar-refractivity contribution in [1.29, 1.82) is 5.26 Å². The number of benzene rings is 1. The summed E-state index contributed by atoms with van der Waals surface area (Å²) in [6, 6.07) is 8.90. The van der Waals surface area contributed by atoms with Crippen molar-refractivity contribution in [2.75, 3.05) is 13.7 Å². The smallest absolute Gasteiger partial charge is 0.165 e. The molecule has 0 spiro atoms. The Morgan fingerprint density at radius 3 is 2.76 bits per heavy atom. The van der Waals surface area contributed by atoms with Gasteiger partial charge in [-0.3, -0.25) is 0 Å². The number of hydrogen-bond acceptors (Lipinski definition) is 4. The Hall–Kier alpha value is -1.73. The number of para-hydroxylation sites is 1. The lowest BCUT2D eigenvalue weighted by atomic mass is 9.92. The van der Waals surface area contributed by atoms with Crippen LogP contribution in [0.4, 0.5) is 0 Å². The van der Waals surface area contributed by atoms with Gasteiger partial charge in [0.15, 0.2) is 11.5 Å². The van der Waals surface area contributed by atoms with E-state index in [2.05, 4.69) is 17.5 Å². The number of nitriles is 1. The van der Waals surface area contributed by atoms with Crippen molar-refractivity contribution in [3.8, 4) is 17.6 Å². The number of nitrogens with zero attached hydrogens (tertiary/aromatic N) is 1. The molecule has 1 fully saturated rings. The second-order valence-corrected chi connectivity index (χ2v) is 6.20. The van der Waals surface area contributed by atoms with Crippen molar-refractivity contribution >= 4 is 0 Å². The Morgan fingerprint density at radius 1 is 1.38 bits per heavy atom. The molecule has 0 atom stereocenters. The molecule has 0 heterocycles. The standard InChI is InChI=1S/C17H24N2O2/c1-17(2,12-18)9-10-21-16-13(11-19-14-7-8-14)5-4-6-15(16)20-3/h4-6,14,19H,7-11H2,1-3H3.